The molecule has 0 heterocycles. The van der Waals surface area contributed by atoms with Crippen molar-refractivity contribution < 1.29 is 14.3 Å². The number of ether oxygens (including phenoxy) is 1. The smallest absolute Gasteiger partial charge is 0.340 e. The first-order valence-corrected chi connectivity index (χ1v) is 6.97. The number of nitrogens with two attached hydrogens (primary N) is 1. The van der Waals surface area contributed by atoms with Gasteiger partial charge in [0, 0.05) is 24.5 Å². The molecule has 0 aromatic heterocycles. The van der Waals surface area contributed by atoms with Crippen molar-refractivity contribution in [1.82, 2.24) is 4.90 Å². The third-order valence-electron chi connectivity index (χ3n) is 3.27. The van der Waals surface area contributed by atoms with Gasteiger partial charge in [0.05, 0.1) is 12.7 Å². The SMILES string of the molecule is CCN(CC)C(=O)C(C)Nc1ccc(N)cc1C(=O)OC. The van der Waals surface area contributed by atoms with Crippen molar-refractivity contribution in [3.63, 3.8) is 0 Å². The average molecular weight is 293 g/mol. The van der Waals surface area contributed by atoms with Crippen LogP contribution in [-0.2, 0) is 9.53 Å². The third-order valence-corrected chi connectivity index (χ3v) is 3.27. The van der Waals surface area contributed by atoms with Gasteiger partial charge >= 0.3 is 5.97 Å². The lowest BCUT2D eigenvalue weighted by atomic mass is 10.1. The summed E-state index contributed by atoms with van der Waals surface area (Å²) in [6.45, 7) is 6.91. The number of rotatable bonds is 6. The molecule has 6 nitrogen and oxygen atoms in total. The van der Waals surface area contributed by atoms with Crippen LogP contribution in [0.5, 0.6) is 0 Å². The molecule has 0 fully saturated rings. The summed E-state index contributed by atoms with van der Waals surface area (Å²) >= 11 is 0. The van der Waals surface area contributed by atoms with Gasteiger partial charge in [-0.15, -0.1) is 0 Å². The van der Waals surface area contributed by atoms with Crippen molar-refractivity contribution in [3.8, 4) is 0 Å². The fourth-order valence-electron chi connectivity index (χ4n) is 2.07. The van der Waals surface area contributed by atoms with Gasteiger partial charge in [-0.1, -0.05) is 0 Å². The number of carbonyl (C=O) groups is 2. The number of amides is 1. The second-order valence-electron chi connectivity index (χ2n) is 4.67. The topological polar surface area (TPSA) is 84.7 Å². The van der Waals surface area contributed by atoms with Crippen LogP contribution in [0.3, 0.4) is 0 Å². The highest BCUT2D eigenvalue weighted by atomic mass is 16.5. The minimum absolute atomic E-state index is 0.0207. The maximum Gasteiger partial charge on any atom is 0.340 e. The Hall–Kier alpha value is -2.24. The Morgan fingerprint density at radius 2 is 1.95 bits per heavy atom. The van der Waals surface area contributed by atoms with Gasteiger partial charge in [0.1, 0.15) is 6.04 Å². The summed E-state index contributed by atoms with van der Waals surface area (Å²) in [4.78, 5) is 25.7. The lowest BCUT2D eigenvalue weighted by Crippen LogP contribution is -2.41. The van der Waals surface area contributed by atoms with Crippen LogP contribution in [0.4, 0.5) is 11.4 Å². The molecule has 21 heavy (non-hydrogen) atoms. The van der Waals surface area contributed by atoms with Crippen LogP contribution in [0, 0.1) is 0 Å². The van der Waals surface area contributed by atoms with Gasteiger partial charge in [0.25, 0.3) is 0 Å². The lowest BCUT2D eigenvalue weighted by molar-refractivity contribution is -0.131. The predicted molar refractivity (Wildman–Crippen MR) is 83.2 cm³/mol. The highest BCUT2D eigenvalue weighted by molar-refractivity contribution is 5.97. The molecule has 0 spiro atoms. The monoisotopic (exact) mass is 293 g/mol. The van der Waals surface area contributed by atoms with Gasteiger partial charge in [0.2, 0.25) is 5.91 Å². The summed E-state index contributed by atoms with van der Waals surface area (Å²) in [6.07, 6.45) is 0. The number of hydrogen-bond donors (Lipinski definition) is 2. The van der Waals surface area contributed by atoms with E-state index in [-0.39, 0.29) is 5.91 Å². The van der Waals surface area contributed by atoms with E-state index in [1.54, 1.807) is 24.0 Å². The molecule has 0 radical (unpaired) electrons. The molecular weight excluding hydrogens is 270 g/mol. The van der Waals surface area contributed by atoms with Crippen LogP contribution in [-0.4, -0.2) is 43.0 Å². The van der Waals surface area contributed by atoms with E-state index in [0.717, 1.165) is 0 Å². The summed E-state index contributed by atoms with van der Waals surface area (Å²) in [5.41, 5.74) is 7.00. The average Bonchev–Trinajstić information content (AvgIpc) is 2.49. The normalized spacial score (nSPS) is 11.6. The van der Waals surface area contributed by atoms with E-state index in [9.17, 15) is 9.59 Å². The van der Waals surface area contributed by atoms with Crippen molar-refractivity contribution in [3.05, 3.63) is 23.8 Å². The molecule has 1 atom stereocenters. The highest BCUT2D eigenvalue weighted by Gasteiger charge is 2.20. The minimum atomic E-state index is -0.493. The molecule has 3 N–H and O–H groups in total. The van der Waals surface area contributed by atoms with Gasteiger partial charge in [-0.3, -0.25) is 4.79 Å². The zero-order valence-electron chi connectivity index (χ0n) is 13.0. The number of benzene rings is 1. The number of nitrogens with one attached hydrogen (secondary N) is 1. The van der Waals surface area contributed by atoms with E-state index in [2.05, 4.69) is 5.32 Å². The maximum atomic E-state index is 12.2. The molecule has 1 aromatic carbocycles. The molecule has 6 heteroatoms. The van der Waals surface area contributed by atoms with E-state index in [0.29, 0.717) is 30.0 Å². The van der Waals surface area contributed by atoms with Crippen LogP contribution < -0.4 is 11.1 Å². The van der Waals surface area contributed by atoms with Crippen molar-refractivity contribution in [2.75, 3.05) is 31.2 Å². The number of methoxy groups -OCH3 is 1. The molecule has 0 bridgehead atoms. The molecule has 116 valence electrons. The molecule has 1 aromatic rings. The first-order chi connectivity index (χ1) is 9.94. The molecule has 0 aliphatic carbocycles. The standard InChI is InChI=1S/C15H23N3O3/c1-5-18(6-2)14(19)10(3)17-13-8-7-11(16)9-12(13)15(20)21-4/h7-10,17H,5-6,16H2,1-4H3. The fraction of sp³-hybridized carbons (Fsp3) is 0.467. The van der Waals surface area contributed by atoms with Gasteiger partial charge in [-0.2, -0.15) is 0 Å². The number of likely N-dealkylation sites (N-methyl/N-ethyl adjacent to an activating group) is 1. The largest absolute Gasteiger partial charge is 0.465 e. The highest BCUT2D eigenvalue weighted by Crippen LogP contribution is 2.21. The molecule has 1 unspecified atom stereocenters. The molecule has 1 amide bonds. The molecule has 0 saturated carbocycles. The minimum Gasteiger partial charge on any atom is -0.465 e. The van der Waals surface area contributed by atoms with Crippen LogP contribution in [0.2, 0.25) is 0 Å². The van der Waals surface area contributed by atoms with Gasteiger partial charge < -0.3 is 20.7 Å². The van der Waals surface area contributed by atoms with E-state index in [1.807, 2.05) is 13.8 Å². The van der Waals surface area contributed by atoms with E-state index in [4.69, 9.17) is 10.5 Å². The quantitative estimate of drug-likeness (QED) is 0.616. The Kier molecular flexibility index (Phi) is 6.02. The fourth-order valence-corrected chi connectivity index (χ4v) is 2.07. The van der Waals surface area contributed by atoms with Crippen LogP contribution in [0.15, 0.2) is 18.2 Å². The van der Waals surface area contributed by atoms with Crippen molar-refractivity contribution in [2.24, 2.45) is 0 Å². The summed E-state index contributed by atoms with van der Waals surface area (Å²) in [6, 6.07) is 4.43. The molecule has 0 aliphatic heterocycles. The Labute approximate surface area is 125 Å². The Morgan fingerprint density at radius 3 is 2.48 bits per heavy atom. The zero-order valence-corrected chi connectivity index (χ0v) is 13.0. The van der Waals surface area contributed by atoms with Gasteiger partial charge in [-0.05, 0) is 39.0 Å². The number of nitrogens with zero attached hydrogens (tertiary/aromatic N) is 1. The lowest BCUT2D eigenvalue weighted by Gasteiger charge is -2.24. The summed E-state index contributed by atoms with van der Waals surface area (Å²) in [7, 11) is 1.31. The maximum absolute atomic E-state index is 12.2. The third kappa shape index (κ3) is 4.11. The summed E-state index contributed by atoms with van der Waals surface area (Å²) < 4.78 is 4.73. The zero-order chi connectivity index (χ0) is 16.0. The summed E-state index contributed by atoms with van der Waals surface area (Å²) in [5.74, 6) is -0.514. The second-order valence-corrected chi connectivity index (χ2v) is 4.67. The Bertz CT molecular complexity index is 513. The van der Waals surface area contributed by atoms with Gasteiger partial charge in [-0.25, -0.2) is 4.79 Å². The van der Waals surface area contributed by atoms with Crippen molar-refractivity contribution >= 4 is 23.3 Å². The Morgan fingerprint density at radius 1 is 1.33 bits per heavy atom. The molecule has 1 rings (SSSR count). The van der Waals surface area contributed by atoms with E-state index >= 15 is 0 Å². The van der Waals surface area contributed by atoms with Gasteiger partial charge in [0.15, 0.2) is 0 Å². The molecule has 0 saturated heterocycles. The Balaban J connectivity index is 2.97. The van der Waals surface area contributed by atoms with Crippen LogP contribution >= 0.6 is 0 Å². The molecular formula is C15H23N3O3. The predicted octanol–water partition coefficient (Wildman–Crippen LogP) is 1.72. The summed E-state index contributed by atoms with van der Waals surface area (Å²) in [5, 5.41) is 3.05. The number of anilines is 2. The molecule has 0 aliphatic rings. The van der Waals surface area contributed by atoms with E-state index in [1.165, 1.54) is 13.2 Å². The number of nitrogen functional groups attached to an aromatic ring is 1. The number of hydrogen-bond acceptors (Lipinski definition) is 5. The van der Waals surface area contributed by atoms with Crippen LogP contribution in [0.25, 0.3) is 0 Å². The van der Waals surface area contributed by atoms with Crippen LogP contribution in [0.1, 0.15) is 31.1 Å². The van der Waals surface area contributed by atoms with Crippen molar-refractivity contribution in [2.45, 2.75) is 26.8 Å². The van der Waals surface area contributed by atoms with E-state index < -0.39 is 12.0 Å². The number of esters is 1. The first kappa shape index (κ1) is 16.8. The number of carbonyl (C=O) groups excluding carboxylic acids is 2. The first-order valence-electron chi connectivity index (χ1n) is 6.97. The second kappa shape index (κ2) is 7.52. The van der Waals surface area contributed by atoms with Crippen molar-refractivity contribution in [1.29, 1.82) is 0 Å².